The summed E-state index contributed by atoms with van der Waals surface area (Å²) in [6.45, 7) is 2.92. The summed E-state index contributed by atoms with van der Waals surface area (Å²) in [4.78, 5) is 7.80. The van der Waals surface area contributed by atoms with Crippen molar-refractivity contribution in [2.75, 3.05) is 7.11 Å². The molecule has 2 aromatic heterocycles. The van der Waals surface area contributed by atoms with Gasteiger partial charge in [-0.3, -0.25) is 4.68 Å². The Morgan fingerprint density at radius 3 is 2.94 bits per heavy atom. The summed E-state index contributed by atoms with van der Waals surface area (Å²) in [5.41, 5.74) is 0. The Bertz CT molecular complexity index is 530. The van der Waals surface area contributed by atoms with Crippen molar-refractivity contribution in [1.82, 2.24) is 19.7 Å². The van der Waals surface area contributed by atoms with Gasteiger partial charge in [0.25, 0.3) is 5.88 Å². The summed E-state index contributed by atoms with van der Waals surface area (Å²) < 4.78 is 12.5. The maximum absolute atomic E-state index is 5.87. The zero-order chi connectivity index (χ0) is 13.0. The lowest BCUT2D eigenvalue weighted by atomic mass is 10.5. The summed E-state index contributed by atoms with van der Waals surface area (Å²) in [5.74, 6) is 1.16. The first kappa shape index (κ1) is 12.6. The quantitative estimate of drug-likeness (QED) is 0.780. The van der Waals surface area contributed by atoms with E-state index in [1.807, 2.05) is 0 Å². The number of halogens is 1. The Morgan fingerprint density at radius 1 is 1.39 bits per heavy atom. The molecule has 0 aliphatic rings. The van der Waals surface area contributed by atoms with Crippen LogP contribution in [-0.2, 0) is 6.54 Å². The summed E-state index contributed by atoms with van der Waals surface area (Å²) in [6, 6.07) is 0. The van der Waals surface area contributed by atoms with Gasteiger partial charge in [0.15, 0.2) is 10.9 Å². The zero-order valence-electron chi connectivity index (χ0n) is 10.1. The van der Waals surface area contributed by atoms with Crippen LogP contribution in [0.25, 0.3) is 0 Å². The van der Waals surface area contributed by atoms with Crippen LogP contribution >= 0.6 is 11.6 Å². The lowest BCUT2D eigenvalue weighted by Gasteiger charge is -2.07. The van der Waals surface area contributed by atoms with Crippen molar-refractivity contribution >= 4 is 11.6 Å². The molecule has 0 unspecified atom stereocenters. The second-order valence-electron chi connectivity index (χ2n) is 3.54. The molecule has 0 aromatic carbocycles. The lowest BCUT2D eigenvalue weighted by molar-refractivity contribution is 0.367. The molecule has 18 heavy (non-hydrogen) atoms. The number of aryl methyl sites for hydroxylation is 1. The van der Waals surface area contributed by atoms with E-state index in [0.29, 0.717) is 11.5 Å². The molecule has 2 aromatic rings. The first-order chi connectivity index (χ1) is 8.74. The monoisotopic (exact) mass is 268 g/mol. The number of nitrogens with zero attached hydrogens (tertiary/aromatic N) is 4. The van der Waals surface area contributed by atoms with Crippen LogP contribution in [0.4, 0.5) is 0 Å². The predicted molar refractivity (Wildman–Crippen MR) is 66.2 cm³/mol. The number of rotatable bonds is 5. The van der Waals surface area contributed by atoms with E-state index in [-0.39, 0.29) is 11.0 Å². The van der Waals surface area contributed by atoms with E-state index in [2.05, 4.69) is 22.0 Å². The largest absolute Gasteiger partial charge is 0.489 e. The Kier molecular flexibility index (Phi) is 3.99. The Labute approximate surface area is 110 Å². The van der Waals surface area contributed by atoms with Crippen molar-refractivity contribution in [3.63, 3.8) is 0 Å². The van der Waals surface area contributed by atoms with Crippen LogP contribution in [0.2, 0.25) is 5.15 Å². The maximum atomic E-state index is 5.87. The fourth-order valence-electron chi connectivity index (χ4n) is 1.44. The summed E-state index contributed by atoms with van der Waals surface area (Å²) in [6.07, 6.45) is 5.73. The first-order valence-electron chi connectivity index (χ1n) is 5.49. The molecular weight excluding hydrogens is 256 g/mol. The molecule has 2 rings (SSSR count). The van der Waals surface area contributed by atoms with Gasteiger partial charge in [-0.1, -0.05) is 18.5 Å². The molecule has 0 radical (unpaired) electrons. The third-order valence-electron chi connectivity index (χ3n) is 2.21. The molecule has 2 heterocycles. The van der Waals surface area contributed by atoms with Crippen molar-refractivity contribution in [3.8, 4) is 17.4 Å². The van der Waals surface area contributed by atoms with Gasteiger partial charge < -0.3 is 9.47 Å². The second kappa shape index (κ2) is 5.68. The minimum absolute atomic E-state index is 0.212. The molecule has 0 spiro atoms. The van der Waals surface area contributed by atoms with E-state index >= 15 is 0 Å². The average molecular weight is 269 g/mol. The van der Waals surface area contributed by atoms with Crippen molar-refractivity contribution in [3.05, 3.63) is 23.9 Å². The van der Waals surface area contributed by atoms with Gasteiger partial charge in [0.2, 0.25) is 5.75 Å². The lowest BCUT2D eigenvalue weighted by Crippen LogP contribution is -1.96. The van der Waals surface area contributed by atoms with Gasteiger partial charge in [-0.2, -0.15) is 10.1 Å². The van der Waals surface area contributed by atoms with Gasteiger partial charge in [0, 0.05) is 6.54 Å². The highest BCUT2D eigenvalue weighted by molar-refractivity contribution is 6.31. The van der Waals surface area contributed by atoms with Crippen LogP contribution in [0.15, 0.2) is 18.7 Å². The van der Waals surface area contributed by atoms with E-state index in [0.717, 1.165) is 13.0 Å². The number of hydrogen-bond acceptors (Lipinski definition) is 5. The fraction of sp³-hybridized carbons (Fsp3) is 0.364. The van der Waals surface area contributed by atoms with Gasteiger partial charge in [-0.05, 0) is 6.42 Å². The highest BCUT2D eigenvalue weighted by Crippen LogP contribution is 2.33. The minimum Gasteiger partial charge on any atom is -0.489 e. The number of aromatic nitrogens is 4. The predicted octanol–water partition coefficient (Wildman–Crippen LogP) is 2.54. The standard InChI is InChI=1S/C11H13ClN4O2/c1-3-4-16-6-8(5-15-16)18-11-9(17-2)10(12)13-7-14-11/h5-7H,3-4H2,1-2H3. The summed E-state index contributed by atoms with van der Waals surface area (Å²) in [7, 11) is 1.48. The highest BCUT2D eigenvalue weighted by atomic mass is 35.5. The highest BCUT2D eigenvalue weighted by Gasteiger charge is 2.13. The third kappa shape index (κ3) is 2.70. The van der Waals surface area contributed by atoms with Gasteiger partial charge in [0.05, 0.1) is 19.5 Å². The van der Waals surface area contributed by atoms with Crippen LogP contribution in [0.3, 0.4) is 0 Å². The van der Waals surface area contributed by atoms with E-state index in [4.69, 9.17) is 21.1 Å². The van der Waals surface area contributed by atoms with Gasteiger partial charge in [-0.15, -0.1) is 0 Å². The molecule has 0 fully saturated rings. The Hall–Kier alpha value is -1.82. The van der Waals surface area contributed by atoms with Crippen LogP contribution in [-0.4, -0.2) is 26.9 Å². The molecule has 0 atom stereocenters. The second-order valence-corrected chi connectivity index (χ2v) is 3.90. The third-order valence-corrected chi connectivity index (χ3v) is 2.48. The first-order valence-corrected chi connectivity index (χ1v) is 5.87. The molecule has 0 amide bonds. The number of hydrogen-bond donors (Lipinski definition) is 0. The molecule has 0 aliphatic carbocycles. The van der Waals surface area contributed by atoms with Crippen molar-refractivity contribution < 1.29 is 9.47 Å². The van der Waals surface area contributed by atoms with Gasteiger partial charge in [0.1, 0.15) is 6.33 Å². The summed E-state index contributed by atoms with van der Waals surface area (Å²) in [5, 5.41) is 4.37. The van der Waals surface area contributed by atoms with Crippen LogP contribution < -0.4 is 9.47 Å². The van der Waals surface area contributed by atoms with Crippen molar-refractivity contribution in [2.24, 2.45) is 0 Å². The fourth-order valence-corrected chi connectivity index (χ4v) is 1.64. The van der Waals surface area contributed by atoms with E-state index < -0.39 is 0 Å². The van der Waals surface area contributed by atoms with Crippen molar-refractivity contribution in [1.29, 1.82) is 0 Å². The van der Waals surface area contributed by atoms with Crippen LogP contribution in [0.5, 0.6) is 17.4 Å². The summed E-state index contributed by atoms with van der Waals surface area (Å²) >= 11 is 5.87. The number of ether oxygens (including phenoxy) is 2. The molecule has 0 aliphatic heterocycles. The molecular formula is C11H13ClN4O2. The normalized spacial score (nSPS) is 10.4. The van der Waals surface area contributed by atoms with E-state index in [1.165, 1.54) is 13.4 Å². The molecule has 0 saturated heterocycles. The molecule has 0 N–H and O–H groups in total. The van der Waals surface area contributed by atoms with Gasteiger partial charge in [-0.25, -0.2) is 4.98 Å². The smallest absolute Gasteiger partial charge is 0.267 e. The van der Waals surface area contributed by atoms with Crippen LogP contribution in [0, 0.1) is 0 Å². The molecule has 96 valence electrons. The SMILES string of the molecule is CCCn1cc(Oc2ncnc(Cl)c2OC)cn1. The van der Waals surface area contributed by atoms with Crippen molar-refractivity contribution in [2.45, 2.75) is 19.9 Å². The number of methoxy groups -OCH3 is 1. The Morgan fingerprint density at radius 2 is 2.22 bits per heavy atom. The molecule has 0 bridgehead atoms. The topological polar surface area (TPSA) is 62.1 Å². The van der Waals surface area contributed by atoms with Crippen LogP contribution in [0.1, 0.15) is 13.3 Å². The van der Waals surface area contributed by atoms with E-state index in [9.17, 15) is 0 Å². The molecule has 0 saturated carbocycles. The maximum Gasteiger partial charge on any atom is 0.267 e. The Balaban J connectivity index is 2.20. The molecule has 6 nitrogen and oxygen atoms in total. The average Bonchev–Trinajstić information content (AvgIpc) is 2.77. The molecule has 7 heteroatoms. The zero-order valence-corrected chi connectivity index (χ0v) is 10.9. The van der Waals surface area contributed by atoms with Gasteiger partial charge >= 0.3 is 0 Å². The van der Waals surface area contributed by atoms with E-state index in [1.54, 1.807) is 17.1 Å². The minimum atomic E-state index is 0.212.